The first-order valence-corrected chi connectivity index (χ1v) is 7.94. The standard InChI is InChI=1S/C18H12ClF3N2O3/c1-26-14-6-2-10(19)8-13(14)15-7-5-12(27-15)4-3-11-9-16(18(20,21)22)24-17(25)23-11/h2-9H,1H3,(H,23,24,25). The fraction of sp³-hybridized carbons (Fsp3) is 0.111. The Kier molecular flexibility index (Phi) is 5.09. The zero-order valence-electron chi connectivity index (χ0n) is 13.8. The molecule has 5 nitrogen and oxygen atoms in total. The Balaban J connectivity index is 1.90. The summed E-state index contributed by atoms with van der Waals surface area (Å²) < 4.78 is 49.1. The minimum absolute atomic E-state index is 0.149. The Morgan fingerprint density at radius 1 is 1.19 bits per heavy atom. The van der Waals surface area contributed by atoms with Crippen molar-refractivity contribution in [3.05, 3.63) is 69.1 Å². The number of rotatable bonds is 4. The van der Waals surface area contributed by atoms with Gasteiger partial charge in [-0.3, -0.25) is 0 Å². The van der Waals surface area contributed by atoms with Gasteiger partial charge in [0.2, 0.25) is 0 Å². The number of H-pyrrole nitrogens is 1. The summed E-state index contributed by atoms with van der Waals surface area (Å²) in [4.78, 5) is 16.5. The maximum Gasteiger partial charge on any atom is 0.431 e. The lowest BCUT2D eigenvalue weighted by atomic mass is 10.1. The van der Waals surface area contributed by atoms with Gasteiger partial charge >= 0.3 is 11.9 Å². The number of nitrogens with one attached hydrogen (secondary N) is 1. The van der Waals surface area contributed by atoms with Gasteiger partial charge in [0, 0.05) is 5.02 Å². The molecule has 0 atom stereocenters. The van der Waals surface area contributed by atoms with E-state index >= 15 is 0 Å². The molecule has 0 saturated heterocycles. The van der Waals surface area contributed by atoms with Crippen LogP contribution in [0.15, 0.2) is 45.6 Å². The first kappa shape index (κ1) is 18.8. The third kappa shape index (κ3) is 4.40. The van der Waals surface area contributed by atoms with Crippen LogP contribution in [0.25, 0.3) is 23.5 Å². The van der Waals surface area contributed by atoms with Crippen LogP contribution < -0.4 is 10.4 Å². The topological polar surface area (TPSA) is 68.1 Å². The third-order valence-corrected chi connectivity index (χ3v) is 3.78. The number of aromatic amines is 1. The predicted molar refractivity (Wildman–Crippen MR) is 94.5 cm³/mol. The quantitative estimate of drug-likeness (QED) is 0.682. The lowest BCUT2D eigenvalue weighted by Crippen LogP contribution is -2.19. The van der Waals surface area contributed by atoms with Crippen LogP contribution in [-0.2, 0) is 6.18 Å². The molecule has 0 aliphatic heterocycles. The number of alkyl halides is 3. The number of nitrogens with zero attached hydrogens (tertiary/aromatic N) is 1. The molecule has 0 saturated carbocycles. The average molecular weight is 397 g/mol. The highest BCUT2D eigenvalue weighted by Gasteiger charge is 2.32. The van der Waals surface area contributed by atoms with E-state index in [1.807, 2.05) is 0 Å². The molecule has 140 valence electrons. The smallest absolute Gasteiger partial charge is 0.431 e. The fourth-order valence-electron chi connectivity index (χ4n) is 2.34. The van der Waals surface area contributed by atoms with Crippen molar-refractivity contribution in [1.29, 1.82) is 0 Å². The van der Waals surface area contributed by atoms with Gasteiger partial charge < -0.3 is 14.1 Å². The van der Waals surface area contributed by atoms with Crippen LogP contribution in [0, 0.1) is 0 Å². The van der Waals surface area contributed by atoms with Crippen molar-refractivity contribution in [2.75, 3.05) is 7.11 Å². The van der Waals surface area contributed by atoms with Crippen LogP contribution in [0.4, 0.5) is 13.2 Å². The van der Waals surface area contributed by atoms with Crippen molar-refractivity contribution in [1.82, 2.24) is 9.97 Å². The molecular weight excluding hydrogens is 385 g/mol. The first-order chi connectivity index (χ1) is 12.8. The van der Waals surface area contributed by atoms with Gasteiger partial charge in [0.05, 0.1) is 18.4 Å². The number of benzene rings is 1. The summed E-state index contributed by atoms with van der Waals surface area (Å²) in [6.07, 6.45) is -2.02. The molecule has 27 heavy (non-hydrogen) atoms. The second-order valence-electron chi connectivity index (χ2n) is 5.40. The maximum atomic E-state index is 12.7. The van der Waals surface area contributed by atoms with Crippen molar-refractivity contribution in [3.8, 4) is 17.1 Å². The van der Waals surface area contributed by atoms with Crippen molar-refractivity contribution in [2.45, 2.75) is 6.18 Å². The van der Waals surface area contributed by atoms with Gasteiger partial charge in [0.1, 0.15) is 23.0 Å². The lowest BCUT2D eigenvalue weighted by molar-refractivity contribution is -0.141. The number of ether oxygens (including phenoxy) is 1. The molecule has 3 rings (SSSR count). The Bertz CT molecular complexity index is 1050. The second-order valence-corrected chi connectivity index (χ2v) is 5.84. The summed E-state index contributed by atoms with van der Waals surface area (Å²) >= 11 is 5.99. The molecular formula is C18H12ClF3N2O3. The Hall–Kier alpha value is -3.00. The van der Waals surface area contributed by atoms with E-state index < -0.39 is 17.6 Å². The molecule has 2 heterocycles. The number of aromatic nitrogens is 2. The monoisotopic (exact) mass is 396 g/mol. The molecule has 0 fully saturated rings. The van der Waals surface area contributed by atoms with Gasteiger partial charge in [-0.25, -0.2) is 4.79 Å². The molecule has 0 unspecified atom stereocenters. The highest BCUT2D eigenvalue weighted by atomic mass is 35.5. The van der Waals surface area contributed by atoms with Crippen LogP contribution in [0.3, 0.4) is 0 Å². The van der Waals surface area contributed by atoms with E-state index in [1.165, 1.54) is 19.3 Å². The fourth-order valence-corrected chi connectivity index (χ4v) is 2.51. The van der Waals surface area contributed by atoms with Gasteiger partial charge in [-0.05, 0) is 48.6 Å². The predicted octanol–water partition coefficient (Wildman–Crippen LogP) is 4.88. The highest BCUT2D eigenvalue weighted by Crippen LogP contribution is 2.34. The minimum Gasteiger partial charge on any atom is -0.496 e. The van der Waals surface area contributed by atoms with Gasteiger partial charge in [-0.15, -0.1) is 0 Å². The molecule has 1 aromatic carbocycles. The summed E-state index contributed by atoms with van der Waals surface area (Å²) in [5.74, 6) is 1.36. The van der Waals surface area contributed by atoms with Crippen LogP contribution in [-0.4, -0.2) is 17.1 Å². The van der Waals surface area contributed by atoms with Gasteiger partial charge in [-0.2, -0.15) is 18.2 Å². The molecule has 2 aromatic heterocycles. The van der Waals surface area contributed by atoms with E-state index in [0.717, 1.165) is 6.07 Å². The normalized spacial score (nSPS) is 11.9. The summed E-state index contributed by atoms with van der Waals surface area (Å²) in [5.41, 5.74) is -1.79. The summed E-state index contributed by atoms with van der Waals surface area (Å²) in [5, 5.41) is 0.492. The lowest BCUT2D eigenvalue weighted by Gasteiger charge is -2.06. The van der Waals surface area contributed by atoms with E-state index in [1.54, 1.807) is 35.3 Å². The molecule has 3 aromatic rings. The second kappa shape index (κ2) is 7.32. The summed E-state index contributed by atoms with van der Waals surface area (Å²) in [7, 11) is 1.51. The third-order valence-electron chi connectivity index (χ3n) is 3.54. The molecule has 0 radical (unpaired) electrons. The van der Waals surface area contributed by atoms with Crippen molar-refractivity contribution < 1.29 is 22.3 Å². The zero-order chi connectivity index (χ0) is 19.6. The van der Waals surface area contributed by atoms with Crippen LogP contribution in [0.2, 0.25) is 5.02 Å². The molecule has 0 bridgehead atoms. The Morgan fingerprint density at radius 3 is 2.67 bits per heavy atom. The number of hydrogen-bond donors (Lipinski definition) is 1. The minimum atomic E-state index is -4.67. The maximum absolute atomic E-state index is 12.7. The summed E-state index contributed by atoms with van der Waals surface area (Å²) in [6.45, 7) is 0. The molecule has 9 heteroatoms. The number of furan rings is 1. The van der Waals surface area contributed by atoms with Gasteiger partial charge in [0.15, 0.2) is 0 Å². The molecule has 0 amide bonds. The van der Waals surface area contributed by atoms with Crippen LogP contribution in [0.5, 0.6) is 5.75 Å². The van der Waals surface area contributed by atoms with E-state index in [4.69, 9.17) is 20.8 Å². The first-order valence-electron chi connectivity index (χ1n) is 7.56. The van der Waals surface area contributed by atoms with E-state index in [9.17, 15) is 18.0 Å². The van der Waals surface area contributed by atoms with Gasteiger partial charge in [0.25, 0.3) is 0 Å². The largest absolute Gasteiger partial charge is 0.496 e. The van der Waals surface area contributed by atoms with Crippen molar-refractivity contribution in [2.24, 2.45) is 0 Å². The van der Waals surface area contributed by atoms with Crippen LogP contribution in [0.1, 0.15) is 17.1 Å². The zero-order valence-corrected chi connectivity index (χ0v) is 14.6. The number of methoxy groups -OCH3 is 1. The van der Waals surface area contributed by atoms with Crippen molar-refractivity contribution in [3.63, 3.8) is 0 Å². The van der Waals surface area contributed by atoms with E-state index in [0.29, 0.717) is 27.9 Å². The summed E-state index contributed by atoms with van der Waals surface area (Å²) in [6, 6.07) is 9.05. The van der Waals surface area contributed by atoms with Crippen LogP contribution >= 0.6 is 11.6 Å². The Morgan fingerprint density at radius 2 is 1.96 bits per heavy atom. The average Bonchev–Trinajstić information content (AvgIpc) is 3.07. The molecule has 0 aliphatic rings. The van der Waals surface area contributed by atoms with Gasteiger partial charge in [-0.1, -0.05) is 11.6 Å². The number of hydrogen-bond acceptors (Lipinski definition) is 4. The SMILES string of the molecule is COc1ccc(Cl)cc1-c1ccc(C=Cc2cc(C(F)(F)F)[nH]c(=O)n2)o1. The number of halogens is 4. The van der Waals surface area contributed by atoms with Crippen molar-refractivity contribution >= 4 is 23.8 Å². The molecule has 0 spiro atoms. The van der Waals surface area contributed by atoms with E-state index in [-0.39, 0.29) is 5.69 Å². The van der Waals surface area contributed by atoms with E-state index in [2.05, 4.69) is 4.98 Å². The molecule has 1 N–H and O–H groups in total. The molecule has 0 aliphatic carbocycles. The Labute approximate surface area is 156 Å². The highest BCUT2D eigenvalue weighted by molar-refractivity contribution is 6.30.